The maximum atomic E-state index is 13.5. The van der Waals surface area contributed by atoms with Crippen molar-refractivity contribution in [1.82, 2.24) is 5.32 Å². The molecule has 0 aromatic heterocycles. The zero-order valence-corrected chi connectivity index (χ0v) is 11.2. The van der Waals surface area contributed by atoms with E-state index in [1.807, 2.05) is 6.92 Å². The molecule has 1 aliphatic carbocycles. The molecule has 2 unspecified atom stereocenters. The Labute approximate surface area is 115 Å². The molecule has 2 rings (SSSR count). The van der Waals surface area contributed by atoms with E-state index < -0.39 is 29.2 Å². The first-order chi connectivity index (χ1) is 9.47. The number of carbonyl (C=O) groups is 1. The fraction of sp³-hybridized carbons (Fsp3) is 0.500. The smallest absolute Gasteiger partial charge is 0.324 e. The molecule has 1 saturated carbocycles. The van der Waals surface area contributed by atoms with Crippen molar-refractivity contribution in [3.63, 3.8) is 0 Å². The Morgan fingerprint density at radius 3 is 2.90 bits per heavy atom. The number of benzene rings is 1. The van der Waals surface area contributed by atoms with Gasteiger partial charge in [-0.2, -0.15) is 0 Å². The van der Waals surface area contributed by atoms with Gasteiger partial charge in [-0.25, -0.2) is 8.78 Å². The SMILES string of the molecule is CCNC1(C(=O)O)CCC(Oc2ccc(F)cc2F)C1. The Kier molecular flexibility index (Phi) is 4.23. The summed E-state index contributed by atoms with van der Waals surface area (Å²) in [5.74, 6) is -2.42. The Morgan fingerprint density at radius 2 is 2.30 bits per heavy atom. The third-order valence-electron chi connectivity index (χ3n) is 3.58. The monoisotopic (exact) mass is 285 g/mol. The molecule has 1 aromatic rings. The minimum Gasteiger partial charge on any atom is -0.487 e. The summed E-state index contributed by atoms with van der Waals surface area (Å²) in [6, 6.07) is 3.08. The number of likely N-dealkylation sites (N-methyl/N-ethyl adjacent to an activating group) is 1. The van der Waals surface area contributed by atoms with E-state index in [0.717, 1.165) is 12.1 Å². The second-order valence-corrected chi connectivity index (χ2v) is 4.97. The first-order valence-electron chi connectivity index (χ1n) is 6.57. The molecule has 6 heteroatoms. The van der Waals surface area contributed by atoms with Gasteiger partial charge in [0.25, 0.3) is 0 Å². The van der Waals surface area contributed by atoms with Gasteiger partial charge in [-0.1, -0.05) is 6.92 Å². The minimum atomic E-state index is -1.02. The second-order valence-electron chi connectivity index (χ2n) is 4.97. The van der Waals surface area contributed by atoms with Crippen molar-refractivity contribution < 1.29 is 23.4 Å². The van der Waals surface area contributed by atoms with Crippen LogP contribution in [-0.4, -0.2) is 29.3 Å². The lowest BCUT2D eigenvalue weighted by Crippen LogP contribution is -2.50. The highest BCUT2D eigenvalue weighted by atomic mass is 19.1. The van der Waals surface area contributed by atoms with Crippen LogP contribution >= 0.6 is 0 Å². The van der Waals surface area contributed by atoms with Gasteiger partial charge in [0, 0.05) is 12.5 Å². The standard InChI is InChI=1S/C14H17F2NO3/c1-2-17-14(13(18)19)6-5-10(8-14)20-12-4-3-9(15)7-11(12)16/h3-4,7,10,17H,2,5-6,8H2,1H3,(H,18,19). The van der Waals surface area contributed by atoms with Crippen molar-refractivity contribution in [1.29, 1.82) is 0 Å². The number of halogens is 2. The van der Waals surface area contributed by atoms with Gasteiger partial charge in [0.05, 0.1) is 0 Å². The quantitative estimate of drug-likeness (QED) is 0.871. The van der Waals surface area contributed by atoms with Crippen molar-refractivity contribution in [2.75, 3.05) is 6.54 Å². The van der Waals surface area contributed by atoms with Crippen LogP contribution in [0.3, 0.4) is 0 Å². The summed E-state index contributed by atoms with van der Waals surface area (Å²) in [4.78, 5) is 11.4. The molecular formula is C14H17F2NO3. The molecule has 1 aliphatic rings. The van der Waals surface area contributed by atoms with Crippen molar-refractivity contribution in [3.8, 4) is 5.75 Å². The van der Waals surface area contributed by atoms with E-state index in [2.05, 4.69) is 5.32 Å². The van der Waals surface area contributed by atoms with Crippen LogP contribution in [0.4, 0.5) is 8.78 Å². The lowest BCUT2D eigenvalue weighted by atomic mass is 9.98. The fourth-order valence-corrected chi connectivity index (χ4v) is 2.62. The highest BCUT2D eigenvalue weighted by Gasteiger charge is 2.46. The molecule has 1 aromatic carbocycles. The molecule has 0 heterocycles. The second kappa shape index (κ2) is 5.75. The summed E-state index contributed by atoms with van der Waals surface area (Å²) in [5.41, 5.74) is -1.02. The molecule has 1 fully saturated rings. The predicted molar refractivity (Wildman–Crippen MR) is 68.7 cm³/mol. The molecular weight excluding hydrogens is 268 g/mol. The van der Waals surface area contributed by atoms with Gasteiger partial charge in [0.15, 0.2) is 11.6 Å². The molecule has 20 heavy (non-hydrogen) atoms. The molecule has 4 nitrogen and oxygen atoms in total. The zero-order valence-electron chi connectivity index (χ0n) is 11.2. The number of rotatable bonds is 5. The molecule has 0 saturated heterocycles. The van der Waals surface area contributed by atoms with Gasteiger partial charge < -0.3 is 15.2 Å². The van der Waals surface area contributed by atoms with E-state index in [4.69, 9.17) is 4.74 Å². The van der Waals surface area contributed by atoms with Gasteiger partial charge in [-0.05, 0) is 31.5 Å². The first kappa shape index (κ1) is 14.7. The van der Waals surface area contributed by atoms with E-state index >= 15 is 0 Å². The van der Waals surface area contributed by atoms with Crippen LogP contribution in [-0.2, 0) is 4.79 Å². The average Bonchev–Trinajstić information content (AvgIpc) is 2.78. The van der Waals surface area contributed by atoms with Gasteiger partial charge in [-0.15, -0.1) is 0 Å². The zero-order chi connectivity index (χ0) is 14.8. The number of carboxylic acids is 1. The Bertz CT molecular complexity index is 509. The Morgan fingerprint density at radius 1 is 1.55 bits per heavy atom. The van der Waals surface area contributed by atoms with Crippen LogP contribution in [0.25, 0.3) is 0 Å². The number of aliphatic carboxylic acids is 1. The summed E-state index contributed by atoms with van der Waals surface area (Å²) in [5, 5.41) is 12.3. The molecule has 0 amide bonds. The lowest BCUT2D eigenvalue weighted by molar-refractivity contribution is -0.144. The Hall–Kier alpha value is -1.69. The van der Waals surface area contributed by atoms with Crippen LogP contribution in [0.2, 0.25) is 0 Å². The van der Waals surface area contributed by atoms with E-state index in [1.54, 1.807) is 0 Å². The predicted octanol–water partition coefficient (Wildman–Crippen LogP) is 2.33. The van der Waals surface area contributed by atoms with E-state index in [9.17, 15) is 18.7 Å². The van der Waals surface area contributed by atoms with Gasteiger partial charge in [-0.3, -0.25) is 4.79 Å². The number of nitrogens with one attached hydrogen (secondary N) is 1. The van der Waals surface area contributed by atoms with Crippen molar-refractivity contribution in [2.45, 2.75) is 37.8 Å². The van der Waals surface area contributed by atoms with Crippen molar-refractivity contribution >= 4 is 5.97 Å². The van der Waals surface area contributed by atoms with E-state index in [-0.39, 0.29) is 12.2 Å². The average molecular weight is 285 g/mol. The molecule has 0 bridgehead atoms. The van der Waals surface area contributed by atoms with Crippen LogP contribution in [0, 0.1) is 11.6 Å². The Balaban J connectivity index is 2.07. The van der Waals surface area contributed by atoms with Crippen LogP contribution in [0.1, 0.15) is 26.2 Å². The van der Waals surface area contributed by atoms with E-state index in [0.29, 0.717) is 19.4 Å². The third-order valence-corrected chi connectivity index (χ3v) is 3.58. The van der Waals surface area contributed by atoms with Gasteiger partial charge in [0.2, 0.25) is 0 Å². The maximum absolute atomic E-state index is 13.5. The third kappa shape index (κ3) is 2.90. The normalized spacial score (nSPS) is 25.6. The molecule has 0 radical (unpaired) electrons. The molecule has 0 aliphatic heterocycles. The summed E-state index contributed by atoms with van der Waals surface area (Å²) >= 11 is 0. The molecule has 2 atom stereocenters. The summed E-state index contributed by atoms with van der Waals surface area (Å²) in [6.07, 6.45) is 0.789. The number of hydrogen-bond donors (Lipinski definition) is 2. The van der Waals surface area contributed by atoms with Gasteiger partial charge >= 0.3 is 5.97 Å². The number of ether oxygens (including phenoxy) is 1. The van der Waals surface area contributed by atoms with Crippen molar-refractivity contribution in [3.05, 3.63) is 29.8 Å². The number of hydrogen-bond acceptors (Lipinski definition) is 3. The largest absolute Gasteiger partial charge is 0.487 e. The topological polar surface area (TPSA) is 58.6 Å². The summed E-state index contributed by atoms with van der Waals surface area (Å²) < 4.78 is 31.8. The lowest BCUT2D eigenvalue weighted by Gasteiger charge is -2.25. The number of carboxylic acid groups (broad SMARTS) is 1. The fourth-order valence-electron chi connectivity index (χ4n) is 2.62. The molecule has 2 N–H and O–H groups in total. The van der Waals surface area contributed by atoms with Crippen LogP contribution in [0.5, 0.6) is 5.75 Å². The summed E-state index contributed by atoms with van der Waals surface area (Å²) in [7, 11) is 0. The van der Waals surface area contributed by atoms with Crippen LogP contribution in [0.15, 0.2) is 18.2 Å². The highest BCUT2D eigenvalue weighted by Crippen LogP contribution is 2.33. The van der Waals surface area contributed by atoms with Gasteiger partial charge in [0.1, 0.15) is 17.5 Å². The minimum absolute atomic E-state index is 0.0471. The van der Waals surface area contributed by atoms with E-state index in [1.165, 1.54) is 6.07 Å². The molecule has 0 spiro atoms. The summed E-state index contributed by atoms with van der Waals surface area (Å²) in [6.45, 7) is 2.36. The maximum Gasteiger partial charge on any atom is 0.324 e. The highest BCUT2D eigenvalue weighted by molar-refractivity contribution is 5.79. The first-order valence-corrected chi connectivity index (χ1v) is 6.57. The van der Waals surface area contributed by atoms with Crippen molar-refractivity contribution in [2.24, 2.45) is 0 Å². The van der Waals surface area contributed by atoms with Crippen LogP contribution < -0.4 is 10.1 Å². The molecule has 110 valence electrons.